The summed E-state index contributed by atoms with van der Waals surface area (Å²) >= 11 is 9.61. The van der Waals surface area contributed by atoms with Crippen molar-refractivity contribution in [3.63, 3.8) is 0 Å². The van der Waals surface area contributed by atoms with Gasteiger partial charge in [-0.3, -0.25) is 0 Å². The van der Waals surface area contributed by atoms with Gasteiger partial charge in [0.15, 0.2) is 0 Å². The first-order valence-corrected chi connectivity index (χ1v) is 6.79. The van der Waals surface area contributed by atoms with Crippen LogP contribution in [0.3, 0.4) is 0 Å². The summed E-state index contributed by atoms with van der Waals surface area (Å²) in [6.45, 7) is 4.29. The van der Waals surface area contributed by atoms with Gasteiger partial charge in [0.2, 0.25) is 0 Å². The summed E-state index contributed by atoms with van der Waals surface area (Å²) < 4.78 is 0.992. The third-order valence-electron chi connectivity index (χ3n) is 3.51. The monoisotopic (exact) mass is 318 g/mol. The number of hydrogen-bond donors (Lipinski definition) is 1. The van der Waals surface area contributed by atoms with E-state index in [4.69, 9.17) is 17.3 Å². The first-order chi connectivity index (χ1) is 7.75. The first kappa shape index (κ1) is 15.0. The predicted octanol–water partition coefficient (Wildman–Crippen LogP) is 3.31. The van der Waals surface area contributed by atoms with E-state index in [0.717, 1.165) is 21.5 Å². The molecule has 1 aromatic rings. The molecule has 1 atom stereocenters. The Bertz CT molecular complexity index is 391. The standard InChI is InChI=1S/C13H20BrClN2/c1-13(2,17(3)4)12(16)7-9-5-6-10(14)8-11(9)15/h5-6,8,12H,7,16H2,1-4H3. The Morgan fingerprint density at radius 1 is 1.41 bits per heavy atom. The number of rotatable bonds is 4. The lowest BCUT2D eigenvalue weighted by Crippen LogP contribution is -2.54. The van der Waals surface area contributed by atoms with Gasteiger partial charge in [-0.05, 0) is 52.1 Å². The van der Waals surface area contributed by atoms with Crippen LogP contribution in [0.15, 0.2) is 22.7 Å². The third-order valence-corrected chi connectivity index (χ3v) is 4.36. The minimum Gasteiger partial charge on any atom is -0.326 e. The average Bonchev–Trinajstić information content (AvgIpc) is 2.21. The molecule has 1 aromatic carbocycles. The van der Waals surface area contributed by atoms with Gasteiger partial charge in [0.05, 0.1) is 0 Å². The van der Waals surface area contributed by atoms with Crippen molar-refractivity contribution in [2.45, 2.75) is 31.8 Å². The molecule has 0 radical (unpaired) electrons. The minimum absolute atomic E-state index is 0.0381. The molecule has 0 aliphatic carbocycles. The Balaban J connectivity index is 2.84. The Morgan fingerprint density at radius 3 is 2.47 bits per heavy atom. The molecule has 4 heteroatoms. The molecule has 0 fully saturated rings. The maximum Gasteiger partial charge on any atom is 0.0449 e. The molecule has 17 heavy (non-hydrogen) atoms. The number of halogens is 2. The van der Waals surface area contributed by atoms with Crippen molar-refractivity contribution >= 4 is 27.5 Å². The number of benzene rings is 1. The summed E-state index contributed by atoms with van der Waals surface area (Å²) in [6, 6.07) is 5.97. The molecule has 0 aromatic heterocycles. The number of hydrogen-bond acceptors (Lipinski definition) is 2. The topological polar surface area (TPSA) is 29.3 Å². The fourth-order valence-electron chi connectivity index (χ4n) is 1.51. The van der Waals surface area contributed by atoms with Crippen LogP contribution in [-0.2, 0) is 6.42 Å². The van der Waals surface area contributed by atoms with Gasteiger partial charge < -0.3 is 10.6 Å². The highest BCUT2D eigenvalue weighted by molar-refractivity contribution is 9.10. The van der Waals surface area contributed by atoms with Crippen molar-refractivity contribution in [3.8, 4) is 0 Å². The molecular formula is C13H20BrClN2. The largest absolute Gasteiger partial charge is 0.326 e. The average molecular weight is 320 g/mol. The maximum absolute atomic E-state index is 6.28. The third kappa shape index (κ3) is 3.68. The maximum atomic E-state index is 6.28. The van der Waals surface area contributed by atoms with Crippen molar-refractivity contribution in [2.24, 2.45) is 5.73 Å². The molecule has 0 heterocycles. The Hall–Kier alpha value is -0.0900. The SMILES string of the molecule is CN(C)C(C)(C)C(N)Cc1ccc(Br)cc1Cl. The lowest BCUT2D eigenvalue weighted by Gasteiger charge is -2.38. The van der Waals surface area contributed by atoms with Crippen LogP contribution in [-0.4, -0.2) is 30.6 Å². The predicted molar refractivity (Wildman–Crippen MR) is 78.6 cm³/mol. The Labute approximate surface area is 117 Å². The molecule has 2 N–H and O–H groups in total. The van der Waals surface area contributed by atoms with Crippen LogP contribution in [0.1, 0.15) is 19.4 Å². The van der Waals surface area contributed by atoms with Gasteiger partial charge in [-0.1, -0.05) is 33.6 Å². The van der Waals surface area contributed by atoms with Crippen molar-refractivity contribution < 1.29 is 0 Å². The zero-order valence-corrected chi connectivity index (χ0v) is 13.1. The smallest absolute Gasteiger partial charge is 0.0449 e. The van der Waals surface area contributed by atoms with Gasteiger partial charge in [0, 0.05) is 21.1 Å². The molecule has 0 saturated carbocycles. The number of likely N-dealkylation sites (N-methyl/N-ethyl adjacent to an activating group) is 1. The molecule has 0 spiro atoms. The van der Waals surface area contributed by atoms with Crippen LogP contribution in [0.4, 0.5) is 0 Å². The van der Waals surface area contributed by atoms with Crippen LogP contribution < -0.4 is 5.73 Å². The second-order valence-corrected chi connectivity index (χ2v) is 6.42. The lowest BCUT2D eigenvalue weighted by atomic mass is 9.89. The summed E-state index contributed by atoms with van der Waals surface area (Å²) in [6.07, 6.45) is 0.775. The quantitative estimate of drug-likeness (QED) is 0.922. The molecule has 2 nitrogen and oxygen atoms in total. The molecule has 1 unspecified atom stereocenters. The van der Waals surface area contributed by atoms with E-state index in [9.17, 15) is 0 Å². The highest BCUT2D eigenvalue weighted by Gasteiger charge is 2.29. The summed E-state index contributed by atoms with van der Waals surface area (Å²) in [5.74, 6) is 0. The van der Waals surface area contributed by atoms with E-state index in [0.29, 0.717) is 0 Å². The molecule has 0 aliphatic heterocycles. The van der Waals surface area contributed by atoms with E-state index in [1.54, 1.807) is 0 Å². The Morgan fingerprint density at radius 2 is 2.00 bits per heavy atom. The van der Waals surface area contributed by atoms with E-state index >= 15 is 0 Å². The second kappa shape index (κ2) is 5.70. The van der Waals surface area contributed by atoms with Crippen molar-refractivity contribution in [1.29, 1.82) is 0 Å². The highest BCUT2D eigenvalue weighted by atomic mass is 79.9. The van der Waals surface area contributed by atoms with E-state index in [1.165, 1.54) is 0 Å². The van der Waals surface area contributed by atoms with Gasteiger partial charge in [-0.15, -0.1) is 0 Å². The van der Waals surface area contributed by atoms with Gasteiger partial charge in [0.1, 0.15) is 0 Å². The van der Waals surface area contributed by atoms with Gasteiger partial charge in [0.25, 0.3) is 0 Å². The minimum atomic E-state index is -0.0591. The van der Waals surface area contributed by atoms with E-state index < -0.39 is 0 Å². The van der Waals surface area contributed by atoms with Crippen LogP contribution >= 0.6 is 27.5 Å². The van der Waals surface area contributed by atoms with E-state index in [-0.39, 0.29) is 11.6 Å². The van der Waals surface area contributed by atoms with Gasteiger partial charge in [-0.2, -0.15) is 0 Å². The Kier molecular flexibility index (Phi) is 5.02. The van der Waals surface area contributed by atoms with Gasteiger partial charge in [-0.25, -0.2) is 0 Å². The van der Waals surface area contributed by atoms with Crippen molar-refractivity contribution in [1.82, 2.24) is 4.90 Å². The second-order valence-electron chi connectivity index (χ2n) is 5.09. The molecular weight excluding hydrogens is 300 g/mol. The lowest BCUT2D eigenvalue weighted by molar-refractivity contribution is 0.158. The molecule has 96 valence electrons. The van der Waals surface area contributed by atoms with E-state index in [1.807, 2.05) is 32.3 Å². The van der Waals surface area contributed by atoms with Gasteiger partial charge >= 0.3 is 0 Å². The number of nitrogens with two attached hydrogens (primary N) is 1. The van der Waals surface area contributed by atoms with Crippen LogP contribution in [0.5, 0.6) is 0 Å². The zero-order valence-electron chi connectivity index (χ0n) is 10.8. The summed E-state index contributed by atoms with van der Waals surface area (Å²) in [5.41, 5.74) is 7.31. The van der Waals surface area contributed by atoms with Crippen molar-refractivity contribution in [3.05, 3.63) is 33.3 Å². The summed E-state index contributed by atoms with van der Waals surface area (Å²) in [4.78, 5) is 2.14. The fourth-order valence-corrected chi connectivity index (χ4v) is 2.26. The molecule has 0 amide bonds. The van der Waals surface area contributed by atoms with Crippen molar-refractivity contribution in [2.75, 3.05) is 14.1 Å². The molecule has 0 aliphatic rings. The number of nitrogens with zero attached hydrogens (tertiary/aromatic N) is 1. The zero-order chi connectivity index (χ0) is 13.2. The first-order valence-electron chi connectivity index (χ1n) is 5.62. The molecule has 1 rings (SSSR count). The fraction of sp³-hybridized carbons (Fsp3) is 0.538. The summed E-state index contributed by atoms with van der Waals surface area (Å²) in [7, 11) is 4.09. The molecule has 0 saturated heterocycles. The van der Waals surface area contributed by atoms with Crippen LogP contribution in [0, 0.1) is 0 Å². The molecule has 0 bridgehead atoms. The normalized spacial score (nSPS) is 14.1. The summed E-state index contributed by atoms with van der Waals surface area (Å²) in [5, 5.41) is 0.768. The van der Waals surface area contributed by atoms with Crippen LogP contribution in [0.2, 0.25) is 5.02 Å². The van der Waals surface area contributed by atoms with E-state index in [2.05, 4.69) is 34.7 Å². The highest BCUT2D eigenvalue weighted by Crippen LogP contribution is 2.25. The van der Waals surface area contributed by atoms with Crippen LogP contribution in [0.25, 0.3) is 0 Å².